The number of rotatable bonds is 6. The molecule has 4 rings (SSSR count). The van der Waals surface area contributed by atoms with Gasteiger partial charge in [-0.3, -0.25) is 14.6 Å². The van der Waals surface area contributed by atoms with Gasteiger partial charge in [-0.1, -0.05) is 5.21 Å². The summed E-state index contributed by atoms with van der Waals surface area (Å²) >= 11 is 0. The number of amides is 2. The smallest absolute Gasteiger partial charge is 0.273 e. The number of carbonyl (C=O) groups excluding carboxylic acids is 2. The van der Waals surface area contributed by atoms with Crippen molar-refractivity contribution in [3.8, 4) is 0 Å². The molecule has 0 unspecified atom stereocenters. The van der Waals surface area contributed by atoms with Crippen LogP contribution in [0.5, 0.6) is 0 Å². The zero-order valence-electron chi connectivity index (χ0n) is 15.9. The van der Waals surface area contributed by atoms with Crippen LogP contribution in [0.1, 0.15) is 53.1 Å². The molecule has 0 spiro atoms. The number of pyridine rings is 1. The highest BCUT2D eigenvalue weighted by atomic mass is 19.1. The molecule has 1 aliphatic rings. The Bertz CT molecular complexity index is 1060. The molecule has 0 bridgehead atoms. The molecule has 1 aromatic carbocycles. The van der Waals surface area contributed by atoms with Gasteiger partial charge >= 0.3 is 0 Å². The third kappa shape index (κ3) is 4.23. The maximum atomic E-state index is 13.4. The molecule has 1 atom stereocenters. The Balaban J connectivity index is 1.31. The molecule has 2 heterocycles. The van der Waals surface area contributed by atoms with Crippen LogP contribution >= 0.6 is 0 Å². The van der Waals surface area contributed by atoms with Gasteiger partial charge in [0.15, 0.2) is 5.69 Å². The lowest BCUT2D eigenvalue weighted by atomic mass is 9.93. The van der Waals surface area contributed by atoms with Gasteiger partial charge in [-0.15, -0.1) is 5.10 Å². The molecular weight excluding hydrogens is 375 g/mol. The average Bonchev–Trinajstić information content (AvgIpc) is 3.13. The second-order valence-corrected chi connectivity index (χ2v) is 7.31. The van der Waals surface area contributed by atoms with Gasteiger partial charge in [0.2, 0.25) is 0 Å². The van der Waals surface area contributed by atoms with E-state index in [1.54, 1.807) is 29.9 Å². The number of benzene rings is 1. The summed E-state index contributed by atoms with van der Waals surface area (Å²) in [6.07, 6.45) is 6.39. The fourth-order valence-corrected chi connectivity index (χ4v) is 3.13. The largest absolute Gasteiger partial charge is 0.349 e. The molecule has 1 fully saturated rings. The number of nitrogens with one attached hydrogen (secondary N) is 2. The second kappa shape index (κ2) is 7.94. The average molecular weight is 396 g/mol. The summed E-state index contributed by atoms with van der Waals surface area (Å²) in [6.45, 7) is 2.01. The zero-order valence-corrected chi connectivity index (χ0v) is 15.9. The minimum Gasteiger partial charge on any atom is -0.349 e. The monoisotopic (exact) mass is 396 g/mol. The third-order valence-electron chi connectivity index (χ3n) is 5.04. The maximum absolute atomic E-state index is 13.4. The van der Waals surface area contributed by atoms with E-state index in [0.29, 0.717) is 22.5 Å². The molecule has 0 aliphatic heterocycles. The van der Waals surface area contributed by atoms with E-state index in [2.05, 4.69) is 25.9 Å². The lowest BCUT2D eigenvalue weighted by Crippen LogP contribution is -2.42. The molecule has 3 aromatic rings. The second-order valence-electron chi connectivity index (χ2n) is 7.31. The van der Waals surface area contributed by atoms with Gasteiger partial charge in [0.25, 0.3) is 11.8 Å². The third-order valence-corrected chi connectivity index (χ3v) is 5.04. The van der Waals surface area contributed by atoms with Crippen molar-refractivity contribution in [2.45, 2.75) is 38.3 Å². The van der Waals surface area contributed by atoms with Crippen molar-refractivity contribution in [2.75, 3.05) is 6.54 Å². The Morgan fingerprint density at radius 2 is 2.10 bits per heavy atom. The van der Waals surface area contributed by atoms with E-state index >= 15 is 0 Å². The topological polar surface area (TPSA) is 102 Å². The Hall–Kier alpha value is -3.36. The minimum absolute atomic E-state index is 0.233. The van der Waals surface area contributed by atoms with Crippen molar-refractivity contribution in [3.63, 3.8) is 0 Å². The highest BCUT2D eigenvalue weighted by molar-refractivity contribution is 5.97. The molecule has 2 N–H and O–H groups in total. The molecule has 1 aliphatic carbocycles. The van der Waals surface area contributed by atoms with E-state index in [0.717, 1.165) is 12.8 Å². The lowest BCUT2D eigenvalue weighted by molar-refractivity contribution is 0.0910. The van der Waals surface area contributed by atoms with Crippen molar-refractivity contribution in [1.29, 1.82) is 0 Å². The number of fused-ring (bicyclic) bond motifs is 1. The molecule has 0 saturated heterocycles. The first-order valence-electron chi connectivity index (χ1n) is 9.56. The van der Waals surface area contributed by atoms with E-state index in [1.165, 1.54) is 24.8 Å². The predicted octanol–water partition coefficient (Wildman–Crippen LogP) is 2.24. The number of halogens is 1. The van der Waals surface area contributed by atoms with E-state index in [9.17, 15) is 14.0 Å². The first-order chi connectivity index (χ1) is 14.0. The number of aromatic nitrogens is 4. The fourth-order valence-electron chi connectivity index (χ4n) is 3.13. The number of nitrogens with zero attached hydrogens (tertiary/aromatic N) is 4. The summed E-state index contributed by atoms with van der Waals surface area (Å²) in [5.74, 6) is -1.07. The standard InChI is InChI=1S/C20H21FN6O2/c1-12(9-23-20(29)18-11-27(26-25-18)16-3-2-4-16)24-19(28)14-7-13-8-15(21)5-6-17(13)22-10-14/h5-8,10-12,16H,2-4,9H2,1H3,(H,23,29)(H,24,28)/t12-/m1/s1. The van der Waals surface area contributed by atoms with Crippen molar-refractivity contribution in [1.82, 2.24) is 30.6 Å². The van der Waals surface area contributed by atoms with Gasteiger partial charge in [0.1, 0.15) is 5.82 Å². The van der Waals surface area contributed by atoms with E-state index in [4.69, 9.17) is 0 Å². The highest BCUT2D eigenvalue weighted by Gasteiger charge is 2.22. The van der Waals surface area contributed by atoms with Crippen LogP contribution in [0.2, 0.25) is 0 Å². The summed E-state index contributed by atoms with van der Waals surface area (Å²) in [5.41, 5.74) is 1.19. The number of hydrogen-bond acceptors (Lipinski definition) is 5. The molecule has 29 heavy (non-hydrogen) atoms. The highest BCUT2D eigenvalue weighted by Crippen LogP contribution is 2.30. The van der Waals surface area contributed by atoms with Gasteiger partial charge in [-0.25, -0.2) is 9.07 Å². The molecule has 150 valence electrons. The zero-order chi connectivity index (χ0) is 20.4. The van der Waals surface area contributed by atoms with Crippen LogP contribution in [-0.2, 0) is 0 Å². The van der Waals surface area contributed by atoms with Gasteiger partial charge in [0.05, 0.1) is 23.3 Å². The quantitative estimate of drug-likeness (QED) is 0.665. The predicted molar refractivity (Wildman–Crippen MR) is 104 cm³/mol. The summed E-state index contributed by atoms with van der Waals surface area (Å²) in [7, 11) is 0. The molecule has 9 heteroatoms. The van der Waals surface area contributed by atoms with E-state index < -0.39 is 0 Å². The first-order valence-corrected chi connectivity index (χ1v) is 9.56. The van der Waals surface area contributed by atoms with Crippen LogP contribution < -0.4 is 10.6 Å². The van der Waals surface area contributed by atoms with Crippen LogP contribution in [0, 0.1) is 5.82 Å². The summed E-state index contributed by atoms with van der Waals surface area (Å²) in [6, 6.07) is 5.82. The SMILES string of the molecule is C[C@H](CNC(=O)c1cn(C2CCC2)nn1)NC(=O)c1cnc2ccc(F)cc2c1. The summed E-state index contributed by atoms with van der Waals surface area (Å²) in [4.78, 5) is 28.9. The number of hydrogen-bond donors (Lipinski definition) is 2. The summed E-state index contributed by atoms with van der Waals surface area (Å²) < 4.78 is 15.1. The molecule has 8 nitrogen and oxygen atoms in total. The van der Waals surface area contributed by atoms with Crippen molar-refractivity contribution >= 4 is 22.7 Å². The Morgan fingerprint density at radius 3 is 2.86 bits per heavy atom. The fraction of sp³-hybridized carbons (Fsp3) is 0.350. The Morgan fingerprint density at radius 1 is 1.28 bits per heavy atom. The van der Waals surface area contributed by atoms with Crippen LogP contribution in [0.4, 0.5) is 4.39 Å². The number of carbonyl (C=O) groups is 2. The summed E-state index contributed by atoms with van der Waals surface area (Å²) in [5, 5.41) is 14.0. The normalized spacial score (nSPS) is 15.0. The molecule has 2 aromatic heterocycles. The van der Waals surface area contributed by atoms with Gasteiger partial charge in [-0.2, -0.15) is 0 Å². The van der Waals surface area contributed by atoms with E-state index in [-0.39, 0.29) is 35.9 Å². The van der Waals surface area contributed by atoms with Crippen LogP contribution in [0.15, 0.2) is 36.7 Å². The molecule has 0 radical (unpaired) electrons. The Kier molecular flexibility index (Phi) is 5.20. The van der Waals surface area contributed by atoms with Crippen LogP contribution in [0.25, 0.3) is 10.9 Å². The van der Waals surface area contributed by atoms with E-state index in [1.807, 2.05) is 0 Å². The minimum atomic E-state index is -0.387. The lowest BCUT2D eigenvalue weighted by Gasteiger charge is -2.24. The molecule has 1 saturated carbocycles. The maximum Gasteiger partial charge on any atom is 0.273 e. The van der Waals surface area contributed by atoms with Crippen LogP contribution in [-0.4, -0.2) is 44.4 Å². The first kappa shape index (κ1) is 19.0. The van der Waals surface area contributed by atoms with Crippen LogP contribution in [0.3, 0.4) is 0 Å². The van der Waals surface area contributed by atoms with Crippen molar-refractivity contribution < 1.29 is 14.0 Å². The van der Waals surface area contributed by atoms with Crippen molar-refractivity contribution in [2.24, 2.45) is 0 Å². The van der Waals surface area contributed by atoms with Crippen molar-refractivity contribution in [3.05, 3.63) is 53.7 Å². The van der Waals surface area contributed by atoms with Gasteiger partial charge in [-0.05, 0) is 50.5 Å². The molecular formula is C20H21FN6O2. The van der Waals surface area contributed by atoms with Gasteiger partial charge in [0, 0.05) is 24.2 Å². The van der Waals surface area contributed by atoms with Gasteiger partial charge < -0.3 is 10.6 Å². The molecule has 2 amide bonds. The Labute approximate surface area is 166 Å².